The lowest BCUT2D eigenvalue weighted by molar-refractivity contribution is -0.350. The Bertz CT molecular complexity index is 209. The van der Waals surface area contributed by atoms with Crippen molar-refractivity contribution in [2.24, 2.45) is 5.92 Å². The highest BCUT2D eigenvalue weighted by atomic mass is 16.9. The number of methoxy groups -OCH3 is 3. The van der Waals surface area contributed by atoms with Crippen molar-refractivity contribution in [3.8, 4) is 0 Å². The molecule has 0 atom stereocenters. The number of hydrogen-bond donors (Lipinski definition) is 0. The fraction of sp³-hybridized carbons (Fsp3) is 0.917. The summed E-state index contributed by atoms with van der Waals surface area (Å²) in [5, 5.41) is 0. The predicted molar refractivity (Wildman–Crippen MR) is 60.0 cm³/mol. The standard InChI is InChI=1S/C12H22O4/c1-14-12(15-2,16-3)9-11(13)10-7-5-4-6-8-10/h10H,4-9H2,1-3H3. The summed E-state index contributed by atoms with van der Waals surface area (Å²) in [4.78, 5) is 12.1. The maximum atomic E-state index is 12.1. The first-order valence-corrected chi connectivity index (χ1v) is 5.85. The van der Waals surface area contributed by atoms with Crippen LogP contribution in [0.25, 0.3) is 0 Å². The third-order valence-electron chi connectivity index (χ3n) is 3.38. The van der Waals surface area contributed by atoms with Crippen molar-refractivity contribution < 1.29 is 19.0 Å². The Balaban J connectivity index is 2.53. The molecule has 0 radical (unpaired) electrons. The molecule has 1 saturated carbocycles. The Hall–Kier alpha value is -0.450. The lowest BCUT2D eigenvalue weighted by Crippen LogP contribution is -2.40. The average Bonchev–Trinajstić information content (AvgIpc) is 2.37. The number of carbonyl (C=O) groups excluding carboxylic acids is 1. The maximum Gasteiger partial charge on any atom is 0.289 e. The smallest absolute Gasteiger partial charge is 0.289 e. The lowest BCUT2D eigenvalue weighted by atomic mass is 9.85. The van der Waals surface area contributed by atoms with Crippen LogP contribution in [0.1, 0.15) is 38.5 Å². The number of carbonyl (C=O) groups is 1. The summed E-state index contributed by atoms with van der Waals surface area (Å²) in [7, 11) is 4.46. The molecule has 0 heterocycles. The SMILES string of the molecule is COC(CC(=O)C1CCCCC1)(OC)OC. The van der Waals surface area contributed by atoms with Crippen LogP contribution in [0.3, 0.4) is 0 Å². The van der Waals surface area contributed by atoms with Gasteiger partial charge in [0.05, 0.1) is 6.42 Å². The number of ether oxygens (including phenoxy) is 3. The van der Waals surface area contributed by atoms with E-state index in [1.807, 2.05) is 0 Å². The maximum absolute atomic E-state index is 12.1. The van der Waals surface area contributed by atoms with Crippen LogP contribution in [0.5, 0.6) is 0 Å². The van der Waals surface area contributed by atoms with Gasteiger partial charge < -0.3 is 14.2 Å². The van der Waals surface area contributed by atoms with E-state index >= 15 is 0 Å². The first kappa shape index (κ1) is 13.6. The Morgan fingerprint density at radius 1 is 1.06 bits per heavy atom. The minimum atomic E-state index is -1.20. The van der Waals surface area contributed by atoms with Crippen LogP contribution in [-0.2, 0) is 19.0 Å². The third kappa shape index (κ3) is 3.27. The molecule has 0 unspecified atom stereocenters. The van der Waals surface area contributed by atoms with Crippen molar-refractivity contribution in [1.82, 2.24) is 0 Å². The number of ketones is 1. The molecule has 0 N–H and O–H groups in total. The van der Waals surface area contributed by atoms with Gasteiger partial charge in [0.2, 0.25) is 0 Å². The molecule has 0 aliphatic heterocycles. The van der Waals surface area contributed by atoms with Crippen molar-refractivity contribution in [2.45, 2.75) is 44.5 Å². The molecule has 0 aromatic carbocycles. The van der Waals surface area contributed by atoms with Crippen molar-refractivity contribution in [3.05, 3.63) is 0 Å². The Labute approximate surface area is 97.2 Å². The summed E-state index contributed by atoms with van der Waals surface area (Å²) in [5.41, 5.74) is 0. The van der Waals surface area contributed by atoms with Gasteiger partial charge in [0, 0.05) is 27.2 Å². The fourth-order valence-corrected chi connectivity index (χ4v) is 2.25. The van der Waals surface area contributed by atoms with Gasteiger partial charge in [-0.1, -0.05) is 19.3 Å². The summed E-state index contributed by atoms with van der Waals surface area (Å²) in [6.07, 6.45) is 5.69. The molecule has 0 amide bonds. The molecule has 94 valence electrons. The molecule has 16 heavy (non-hydrogen) atoms. The van der Waals surface area contributed by atoms with Gasteiger partial charge >= 0.3 is 0 Å². The average molecular weight is 230 g/mol. The second-order valence-electron chi connectivity index (χ2n) is 4.27. The van der Waals surface area contributed by atoms with Gasteiger partial charge in [0.25, 0.3) is 5.97 Å². The van der Waals surface area contributed by atoms with Gasteiger partial charge in [-0.15, -0.1) is 0 Å². The van der Waals surface area contributed by atoms with Crippen molar-refractivity contribution in [3.63, 3.8) is 0 Å². The number of hydrogen-bond acceptors (Lipinski definition) is 4. The van der Waals surface area contributed by atoms with E-state index in [9.17, 15) is 4.79 Å². The predicted octanol–water partition coefficient (Wildman–Crippen LogP) is 2.12. The molecule has 0 bridgehead atoms. The van der Waals surface area contributed by atoms with E-state index in [0.29, 0.717) is 0 Å². The van der Waals surface area contributed by atoms with E-state index in [4.69, 9.17) is 14.2 Å². The molecule has 4 nitrogen and oxygen atoms in total. The summed E-state index contributed by atoms with van der Waals surface area (Å²) >= 11 is 0. The van der Waals surface area contributed by atoms with Crippen LogP contribution in [-0.4, -0.2) is 33.1 Å². The van der Waals surface area contributed by atoms with Gasteiger partial charge in [-0.05, 0) is 12.8 Å². The van der Waals surface area contributed by atoms with E-state index < -0.39 is 5.97 Å². The molecule has 4 heteroatoms. The van der Waals surface area contributed by atoms with Crippen LogP contribution < -0.4 is 0 Å². The van der Waals surface area contributed by atoms with Gasteiger partial charge in [-0.3, -0.25) is 4.79 Å². The van der Waals surface area contributed by atoms with Crippen molar-refractivity contribution >= 4 is 5.78 Å². The van der Waals surface area contributed by atoms with Crippen LogP contribution in [0.4, 0.5) is 0 Å². The molecule has 0 aromatic rings. The zero-order chi connectivity index (χ0) is 12.0. The Morgan fingerprint density at radius 3 is 2.00 bits per heavy atom. The first-order valence-electron chi connectivity index (χ1n) is 5.85. The second-order valence-corrected chi connectivity index (χ2v) is 4.27. The topological polar surface area (TPSA) is 44.8 Å². The molecular formula is C12H22O4. The van der Waals surface area contributed by atoms with E-state index in [1.165, 1.54) is 27.8 Å². The molecular weight excluding hydrogens is 208 g/mol. The highest BCUT2D eigenvalue weighted by Gasteiger charge is 2.35. The van der Waals surface area contributed by atoms with E-state index in [0.717, 1.165) is 25.7 Å². The minimum Gasteiger partial charge on any atom is -0.330 e. The summed E-state index contributed by atoms with van der Waals surface area (Å²) in [5.74, 6) is -0.854. The van der Waals surface area contributed by atoms with Gasteiger partial charge in [-0.2, -0.15) is 0 Å². The Morgan fingerprint density at radius 2 is 1.56 bits per heavy atom. The molecule has 1 rings (SSSR count). The third-order valence-corrected chi connectivity index (χ3v) is 3.38. The van der Waals surface area contributed by atoms with Gasteiger partial charge in [0.1, 0.15) is 5.78 Å². The number of rotatable bonds is 6. The summed E-state index contributed by atoms with van der Waals surface area (Å²) < 4.78 is 15.4. The molecule has 0 saturated heterocycles. The first-order chi connectivity index (χ1) is 7.67. The Kier molecular flexibility index (Phi) is 5.38. The van der Waals surface area contributed by atoms with Crippen molar-refractivity contribution in [1.29, 1.82) is 0 Å². The molecule has 0 aromatic heterocycles. The van der Waals surface area contributed by atoms with Crippen LogP contribution >= 0.6 is 0 Å². The van der Waals surface area contributed by atoms with Gasteiger partial charge in [0.15, 0.2) is 0 Å². The lowest BCUT2D eigenvalue weighted by Gasteiger charge is -2.30. The zero-order valence-corrected chi connectivity index (χ0v) is 10.5. The number of Topliss-reactive ketones (excluding diaryl/α,β-unsaturated/α-hetero) is 1. The molecule has 0 spiro atoms. The van der Waals surface area contributed by atoms with E-state index in [2.05, 4.69) is 0 Å². The van der Waals surface area contributed by atoms with E-state index in [-0.39, 0.29) is 18.1 Å². The quantitative estimate of drug-likeness (QED) is 0.656. The highest BCUT2D eigenvalue weighted by molar-refractivity contribution is 5.81. The molecule has 1 fully saturated rings. The van der Waals surface area contributed by atoms with Crippen LogP contribution in [0.15, 0.2) is 0 Å². The molecule has 1 aliphatic carbocycles. The highest BCUT2D eigenvalue weighted by Crippen LogP contribution is 2.28. The minimum absolute atomic E-state index is 0.161. The normalized spacial score (nSPS) is 18.7. The zero-order valence-electron chi connectivity index (χ0n) is 10.5. The fourth-order valence-electron chi connectivity index (χ4n) is 2.25. The van der Waals surface area contributed by atoms with E-state index in [1.54, 1.807) is 0 Å². The van der Waals surface area contributed by atoms with Crippen LogP contribution in [0.2, 0.25) is 0 Å². The summed E-state index contributed by atoms with van der Waals surface area (Å²) in [6, 6.07) is 0. The second kappa shape index (κ2) is 6.33. The van der Waals surface area contributed by atoms with Crippen molar-refractivity contribution in [2.75, 3.05) is 21.3 Å². The largest absolute Gasteiger partial charge is 0.330 e. The summed E-state index contributed by atoms with van der Waals surface area (Å²) in [6.45, 7) is 0. The molecule has 1 aliphatic rings. The van der Waals surface area contributed by atoms with Gasteiger partial charge in [-0.25, -0.2) is 0 Å². The monoisotopic (exact) mass is 230 g/mol. The van der Waals surface area contributed by atoms with Crippen LogP contribution in [0, 0.1) is 5.92 Å².